The van der Waals surface area contributed by atoms with Gasteiger partial charge in [-0.05, 0) is 49.1 Å². The van der Waals surface area contributed by atoms with E-state index in [4.69, 9.17) is 4.98 Å². The molecule has 0 aliphatic carbocycles. The van der Waals surface area contributed by atoms with Crippen molar-refractivity contribution >= 4 is 32.4 Å². The van der Waals surface area contributed by atoms with Gasteiger partial charge in [-0.2, -0.15) is 0 Å². The smallest absolute Gasteiger partial charge is 0.242 e. The topological polar surface area (TPSA) is 67.2 Å². The third-order valence-electron chi connectivity index (χ3n) is 5.60. The van der Waals surface area contributed by atoms with Gasteiger partial charge in [0.05, 0.1) is 28.5 Å². The molecule has 0 unspecified atom stereocenters. The molecule has 2 aromatic carbocycles. The number of imidazole rings is 1. The summed E-state index contributed by atoms with van der Waals surface area (Å²) in [5, 5.41) is 5.76. The first-order chi connectivity index (χ1) is 15.3. The predicted octanol–water partition coefficient (Wildman–Crippen LogP) is 4.56. The monoisotopic (exact) mass is 468 g/mol. The number of benzene rings is 2. The Kier molecular flexibility index (Phi) is 6.48. The van der Waals surface area contributed by atoms with Crippen molar-refractivity contribution in [2.24, 2.45) is 0 Å². The number of hydrogen-bond acceptors (Lipinski definition) is 5. The average Bonchev–Trinajstić information content (AvgIpc) is 3.42. The van der Waals surface area contributed by atoms with Gasteiger partial charge in [-0.15, -0.1) is 11.3 Å². The number of hydrogen-bond donors (Lipinski definition) is 1. The molecule has 1 atom stereocenters. The number of aryl methyl sites for hydroxylation is 2. The highest BCUT2D eigenvalue weighted by molar-refractivity contribution is 7.89. The number of nitrogens with one attached hydrogen (secondary N) is 1. The summed E-state index contributed by atoms with van der Waals surface area (Å²) < 4.78 is 28.4. The van der Waals surface area contributed by atoms with Gasteiger partial charge in [-0.1, -0.05) is 35.9 Å². The Morgan fingerprint density at radius 2 is 1.88 bits per heavy atom. The second-order valence-electron chi connectivity index (χ2n) is 7.95. The summed E-state index contributed by atoms with van der Waals surface area (Å²) in [6, 6.07) is 18.0. The third kappa shape index (κ3) is 4.36. The first kappa shape index (κ1) is 22.7. The lowest BCUT2D eigenvalue weighted by molar-refractivity contribution is 0.521. The summed E-state index contributed by atoms with van der Waals surface area (Å²) in [5.41, 5.74) is 4.06. The summed E-state index contributed by atoms with van der Waals surface area (Å²) in [5.74, 6) is 0.885. The van der Waals surface area contributed by atoms with Crippen LogP contribution in [-0.4, -0.2) is 36.4 Å². The van der Waals surface area contributed by atoms with Crippen LogP contribution in [0.15, 0.2) is 64.9 Å². The molecule has 0 aliphatic rings. The van der Waals surface area contributed by atoms with Crippen LogP contribution in [0.5, 0.6) is 0 Å². The van der Waals surface area contributed by atoms with Crippen LogP contribution >= 0.6 is 11.3 Å². The van der Waals surface area contributed by atoms with Gasteiger partial charge in [-0.3, -0.25) is 5.32 Å². The standard InChI is InChI=1S/C24H28N4O2S2/c1-5-28-21-13-12-19(32(29,30)27(3)4)15-20(21)26-23(28)16-25-24(22-7-6-14-31-22)18-10-8-17(2)9-11-18/h6-15,24-25H,5,16H2,1-4H3/t24-/m1/s1. The Hall–Kier alpha value is -2.52. The molecule has 1 N–H and O–H groups in total. The zero-order valence-electron chi connectivity index (χ0n) is 18.7. The van der Waals surface area contributed by atoms with E-state index in [1.165, 1.54) is 34.4 Å². The molecule has 0 amide bonds. The maximum absolute atomic E-state index is 12.5. The van der Waals surface area contributed by atoms with Crippen LogP contribution < -0.4 is 5.32 Å². The number of fused-ring (bicyclic) bond motifs is 1. The van der Waals surface area contributed by atoms with Crippen molar-refractivity contribution in [2.75, 3.05) is 14.1 Å². The molecule has 0 aliphatic heterocycles. The fraction of sp³-hybridized carbons (Fsp3) is 0.292. The van der Waals surface area contributed by atoms with Crippen LogP contribution in [0.2, 0.25) is 0 Å². The lowest BCUT2D eigenvalue weighted by Crippen LogP contribution is -2.23. The molecule has 32 heavy (non-hydrogen) atoms. The molecule has 0 saturated heterocycles. The zero-order valence-corrected chi connectivity index (χ0v) is 20.4. The quantitative estimate of drug-likeness (QED) is 0.412. The van der Waals surface area contributed by atoms with Crippen molar-refractivity contribution in [1.29, 1.82) is 0 Å². The molecule has 8 heteroatoms. The maximum Gasteiger partial charge on any atom is 0.242 e. The highest BCUT2D eigenvalue weighted by atomic mass is 32.2. The van der Waals surface area contributed by atoms with Crippen molar-refractivity contribution in [3.63, 3.8) is 0 Å². The molecule has 6 nitrogen and oxygen atoms in total. The Morgan fingerprint density at radius 3 is 2.50 bits per heavy atom. The van der Waals surface area contributed by atoms with Crippen molar-refractivity contribution in [3.8, 4) is 0 Å². The van der Waals surface area contributed by atoms with Crippen LogP contribution in [0.1, 0.15) is 34.8 Å². The Morgan fingerprint density at radius 1 is 1.12 bits per heavy atom. The number of sulfonamides is 1. The molecule has 4 rings (SSSR count). The van der Waals surface area contributed by atoms with E-state index in [1.54, 1.807) is 23.5 Å². The van der Waals surface area contributed by atoms with Gasteiger partial charge in [-0.25, -0.2) is 17.7 Å². The van der Waals surface area contributed by atoms with E-state index >= 15 is 0 Å². The highest BCUT2D eigenvalue weighted by Crippen LogP contribution is 2.28. The summed E-state index contributed by atoms with van der Waals surface area (Å²) in [6.07, 6.45) is 0. The average molecular weight is 469 g/mol. The number of rotatable bonds is 8. The van der Waals surface area contributed by atoms with Gasteiger partial charge >= 0.3 is 0 Å². The van der Waals surface area contributed by atoms with Crippen LogP contribution in [0.25, 0.3) is 11.0 Å². The largest absolute Gasteiger partial charge is 0.327 e. The van der Waals surface area contributed by atoms with E-state index in [9.17, 15) is 8.42 Å². The molecule has 2 heterocycles. The lowest BCUT2D eigenvalue weighted by Gasteiger charge is -2.18. The Balaban J connectivity index is 1.67. The molecule has 0 radical (unpaired) electrons. The summed E-state index contributed by atoms with van der Waals surface area (Å²) >= 11 is 1.73. The maximum atomic E-state index is 12.5. The fourth-order valence-corrected chi connectivity index (χ4v) is 5.56. The van der Waals surface area contributed by atoms with Gasteiger partial charge < -0.3 is 4.57 Å². The van der Waals surface area contributed by atoms with E-state index in [0.29, 0.717) is 12.1 Å². The number of nitrogens with zero attached hydrogens (tertiary/aromatic N) is 3. The Bertz CT molecular complexity index is 1310. The normalized spacial score (nSPS) is 13.2. The van der Waals surface area contributed by atoms with E-state index in [1.807, 2.05) is 6.07 Å². The number of thiophene rings is 1. The molecular formula is C24H28N4O2S2. The first-order valence-corrected chi connectivity index (χ1v) is 12.9. The highest BCUT2D eigenvalue weighted by Gasteiger charge is 2.20. The molecule has 168 valence electrons. The van der Waals surface area contributed by atoms with Crippen LogP contribution in [0.3, 0.4) is 0 Å². The number of aromatic nitrogens is 2. The molecule has 4 aromatic rings. The van der Waals surface area contributed by atoms with Gasteiger partial charge in [0.2, 0.25) is 10.0 Å². The summed E-state index contributed by atoms with van der Waals surface area (Å²) in [7, 11) is -0.430. The summed E-state index contributed by atoms with van der Waals surface area (Å²) in [6.45, 7) is 5.48. The SMILES string of the molecule is CCn1c(CN[C@H](c2ccc(C)cc2)c2cccs2)nc2cc(S(=O)(=O)N(C)C)ccc21. The van der Waals surface area contributed by atoms with Crippen LogP contribution in [0, 0.1) is 6.92 Å². The van der Waals surface area contributed by atoms with Crippen molar-refractivity contribution in [2.45, 2.75) is 37.9 Å². The van der Waals surface area contributed by atoms with E-state index in [-0.39, 0.29) is 10.9 Å². The molecule has 0 bridgehead atoms. The van der Waals surface area contributed by atoms with Crippen molar-refractivity contribution in [1.82, 2.24) is 19.2 Å². The molecule has 0 spiro atoms. The lowest BCUT2D eigenvalue weighted by atomic mass is 10.0. The van der Waals surface area contributed by atoms with Gasteiger partial charge in [0.25, 0.3) is 0 Å². The van der Waals surface area contributed by atoms with Crippen molar-refractivity contribution < 1.29 is 8.42 Å². The minimum Gasteiger partial charge on any atom is -0.327 e. The third-order valence-corrected chi connectivity index (χ3v) is 8.34. The minimum atomic E-state index is -3.50. The van der Waals surface area contributed by atoms with E-state index in [2.05, 4.69) is 65.5 Å². The van der Waals surface area contributed by atoms with Gasteiger partial charge in [0.1, 0.15) is 5.82 Å². The predicted molar refractivity (Wildman–Crippen MR) is 130 cm³/mol. The van der Waals surface area contributed by atoms with Crippen LogP contribution in [-0.2, 0) is 23.1 Å². The fourth-order valence-electron chi connectivity index (χ4n) is 3.81. The van der Waals surface area contributed by atoms with Crippen LogP contribution in [0.4, 0.5) is 0 Å². The molecule has 2 aromatic heterocycles. The second-order valence-corrected chi connectivity index (χ2v) is 11.1. The van der Waals surface area contributed by atoms with Crippen molar-refractivity contribution in [3.05, 3.63) is 81.8 Å². The molecule has 0 fully saturated rings. The second kappa shape index (κ2) is 9.15. The van der Waals surface area contributed by atoms with Gasteiger partial charge in [0, 0.05) is 25.5 Å². The van der Waals surface area contributed by atoms with Gasteiger partial charge in [0.15, 0.2) is 0 Å². The Labute approximate surface area is 193 Å². The first-order valence-electron chi connectivity index (χ1n) is 10.6. The molecular weight excluding hydrogens is 440 g/mol. The summed E-state index contributed by atoms with van der Waals surface area (Å²) in [4.78, 5) is 6.30. The van der Waals surface area contributed by atoms with E-state index < -0.39 is 10.0 Å². The van der Waals surface area contributed by atoms with E-state index in [0.717, 1.165) is 17.9 Å². The molecule has 0 saturated carbocycles. The minimum absolute atomic E-state index is 0.0606. The zero-order chi connectivity index (χ0) is 22.9.